The van der Waals surface area contributed by atoms with E-state index in [4.69, 9.17) is 16.2 Å². The zero-order valence-corrected chi connectivity index (χ0v) is 12.1. The molecule has 0 bridgehead atoms. The summed E-state index contributed by atoms with van der Waals surface area (Å²) in [5.41, 5.74) is 9.50. The molecule has 0 spiro atoms. The molecule has 0 radical (unpaired) electrons. The Balaban J connectivity index is 2.19. The fourth-order valence-electron chi connectivity index (χ4n) is 2.01. The molecule has 0 unspecified atom stereocenters. The van der Waals surface area contributed by atoms with Gasteiger partial charge in [-0.15, -0.1) is 0 Å². The maximum atomic E-state index is 14.1. The van der Waals surface area contributed by atoms with Crippen molar-refractivity contribution in [2.45, 2.75) is 37.3 Å². The highest BCUT2D eigenvalue weighted by molar-refractivity contribution is 5.74. The number of hydrogen-bond donors (Lipinski definition) is 3. The number of ether oxygens (including phenoxy) is 2. The number of nitrogens with zero attached hydrogens (tertiary/aromatic N) is 2. The summed E-state index contributed by atoms with van der Waals surface area (Å²) in [6, 6.07) is 0.185. The van der Waals surface area contributed by atoms with E-state index in [0.717, 1.165) is 12.3 Å². The Bertz CT molecular complexity index is 651. The van der Waals surface area contributed by atoms with Crippen LogP contribution in [0.25, 0.3) is 0 Å². The van der Waals surface area contributed by atoms with E-state index in [1.807, 2.05) is 0 Å². The van der Waals surface area contributed by atoms with Crippen LogP contribution in [0, 0.1) is 0 Å². The molecule has 0 saturated carbocycles. The van der Waals surface area contributed by atoms with Crippen molar-refractivity contribution in [1.29, 1.82) is 0 Å². The van der Waals surface area contributed by atoms with Crippen molar-refractivity contribution in [3.63, 3.8) is 0 Å². The molecule has 1 saturated heterocycles. The van der Waals surface area contributed by atoms with E-state index in [2.05, 4.69) is 9.72 Å². The van der Waals surface area contributed by atoms with Gasteiger partial charge in [0, 0.05) is 6.20 Å². The second-order valence-electron chi connectivity index (χ2n) is 5.11. The minimum absolute atomic E-state index is 0.143. The first kappa shape index (κ1) is 17.2. The molecule has 4 atom stereocenters. The molecule has 5 N–H and O–H groups in total. The van der Waals surface area contributed by atoms with Gasteiger partial charge >= 0.3 is 17.6 Å². The summed E-state index contributed by atoms with van der Waals surface area (Å²) in [5.74, 6) is -4.78. The molecule has 0 aliphatic carbocycles. The normalized spacial score (nSPS) is 27.6. The molecule has 0 amide bonds. The number of hydrogen-bond acceptors (Lipinski definition) is 8. The van der Waals surface area contributed by atoms with Gasteiger partial charge in [0.1, 0.15) is 24.6 Å². The van der Waals surface area contributed by atoms with Crippen LogP contribution in [0.15, 0.2) is 17.1 Å². The predicted octanol–water partition coefficient (Wildman–Crippen LogP) is -1.39. The fourth-order valence-corrected chi connectivity index (χ4v) is 2.01. The smallest absolute Gasteiger partial charge is 0.351 e. The number of nitrogens with two attached hydrogens (primary N) is 2. The lowest BCUT2D eigenvalue weighted by Crippen LogP contribution is -2.42. The molecular formula is C12H16F2N4O5. The molecule has 2 rings (SSSR count). The van der Waals surface area contributed by atoms with Crippen LogP contribution >= 0.6 is 0 Å². The summed E-state index contributed by atoms with van der Waals surface area (Å²) >= 11 is 0. The monoisotopic (exact) mass is 334 g/mol. The van der Waals surface area contributed by atoms with E-state index in [1.54, 1.807) is 0 Å². The number of aliphatic hydroxyl groups is 1. The van der Waals surface area contributed by atoms with Crippen LogP contribution in [0.5, 0.6) is 0 Å². The Kier molecular flexibility index (Phi) is 4.63. The number of aromatic nitrogens is 2. The van der Waals surface area contributed by atoms with Crippen molar-refractivity contribution in [2.24, 2.45) is 5.73 Å². The number of halogens is 2. The second kappa shape index (κ2) is 6.18. The molecule has 1 fully saturated rings. The number of nitrogen functional groups attached to an aromatic ring is 1. The number of rotatable bonds is 4. The summed E-state index contributed by atoms with van der Waals surface area (Å²) in [5, 5.41) is 9.69. The average Bonchev–Trinajstić information content (AvgIpc) is 2.68. The Morgan fingerprint density at radius 1 is 1.65 bits per heavy atom. The molecule has 1 aromatic heterocycles. The van der Waals surface area contributed by atoms with E-state index < -0.39 is 48.7 Å². The van der Waals surface area contributed by atoms with Gasteiger partial charge in [-0.2, -0.15) is 13.8 Å². The third kappa shape index (κ3) is 3.30. The quantitative estimate of drug-likeness (QED) is 0.571. The number of carbonyl (C=O) groups is 1. The van der Waals surface area contributed by atoms with Crippen LogP contribution in [0.1, 0.15) is 13.2 Å². The van der Waals surface area contributed by atoms with Crippen molar-refractivity contribution >= 4 is 11.8 Å². The summed E-state index contributed by atoms with van der Waals surface area (Å²) in [6.45, 7) is 0.718. The van der Waals surface area contributed by atoms with E-state index >= 15 is 0 Å². The van der Waals surface area contributed by atoms with Gasteiger partial charge in [0.15, 0.2) is 6.10 Å². The average molecular weight is 334 g/mol. The zero-order chi connectivity index (χ0) is 17.4. The zero-order valence-electron chi connectivity index (χ0n) is 12.1. The summed E-state index contributed by atoms with van der Waals surface area (Å²) in [4.78, 5) is 26.2. The topological polar surface area (TPSA) is 143 Å². The molecular weight excluding hydrogens is 318 g/mol. The molecule has 1 aliphatic heterocycles. The van der Waals surface area contributed by atoms with E-state index in [0.29, 0.717) is 4.57 Å². The molecule has 1 aromatic rings. The molecule has 9 nitrogen and oxygen atoms in total. The highest BCUT2D eigenvalue weighted by Crippen LogP contribution is 2.42. The van der Waals surface area contributed by atoms with Gasteiger partial charge in [-0.05, 0) is 13.0 Å². The van der Waals surface area contributed by atoms with Gasteiger partial charge in [0.05, 0.1) is 0 Å². The lowest BCUT2D eigenvalue weighted by atomic mass is 10.1. The minimum atomic E-state index is -3.80. The maximum Gasteiger partial charge on any atom is 0.351 e. The summed E-state index contributed by atoms with van der Waals surface area (Å²) in [6.07, 6.45) is -4.93. The number of carbonyl (C=O) groups excluding carboxylic acids is 1. The molecule has 11 heteroatoms. The Morgan fingerprint density at radius 2 is 2.30 bits per heavy atom. The minimum Gasteiger partial charge on any atom is -0.462 e. The van der Waals surface area contributed by atoms with Gasteiger partial charge in [0.2, 0.25) is 6.23 Å². The van der Waals surface area contributed by atoms with Crippen molar-refractivity contribution in [3.8, 4) is 0 Å². The molecule has 128 valence electrons. The van der Waals surface area contributed by atoms with Gasteiger partial charge in [0.25, 0.3) is 0 Å². The lowest BCUT2D eigenvalue weighted by Gasteiger charge is -2.20. The van der Waals surface area contributed by atoms with Crippen LogP contribution < -0.4 is 17.2 Å². The number of aliphatic hydroxyl groups excluding tert-OH is 1. The van der Waals surface area contributed by atoms with E-state index in [9.17, 15) is 23.5 Å². The Labute approximate surface area is 128 Å². The number of anilines is 1. The first-order valence-electron chi connectivity index (χ1n) is 6.62. The largest absolute Gasteiger partial charge is 0.462 e. The fraction of sp³-hybridized carbons (Fsp3) is 0.583. The van der Waals surface area contributed by atoms with Gasteiger partial charge < -0.3 is 26.0 Å². The second-order valence-corrected chi connectivity index (χ2v) is 5.11. The SMILES string of the molecule is C[C@H](N)C(=O)OC[C@H]1O[C@@H](n2ccc(N)nc2=O)C(F)(F)[C@@H]1O. The molecule has 1 aliphatic rings. The standard InChI is InChI=1S/C12H16F2N4O5/c1-5(15)9(20)22-4-6-8(19)12(13,14)10(23-6)18-3-2-7(16)17-11(18)21/h2-3,5-6,8,10,19H,4,15H2,1H3,(H2,16,17,21)/t5-,6+,8+,10+/m0/s1. The Morgan fingerprint density at radius 3 is 2.87 bits per heavy atom. The molecule has 0 aromatic carbocycles. The van der Waals surface area contributed by atoms with Crippen LogP contribution in [-0.4, -0.2) is 51.4 Å². The number of esters is 1. The Hall–Kier alpha value is -2.11. The van der Waals surface area contributed by atoms with Crippen molar-refractivity contribution in [1.82, 2.24) is 9.55 Å². The third-order valence-corrected chi connectivity index (χ3v) is 3.25. The highest BCUT2D eigenvalue weighted by Gasteiger charge is 2.60. The maximum absolute atomic E-state index is 14.1. The first-order valence-corrected chi connectivity index (χ1v) is 6.62. The lowest BCUT2D eigenvalue weighted by molar-refractivity contribution is -0.151. The van der Waals surface area contributed by atoms with Crippen LogP contribution in [0.2, 0.25) is 0 Å². The van der Waals surface area contributed by atoms with Crippen LogP contribution in [-0.2, 0) is 14.3 Å². The summed E-state index contributed by atoms with van der Waals surface area (Å²) < 4.78 is 38.5. The molecule has 2 heterocycles. The van der Waals surface area contributed by atoms with Crippen LogP contribution in [0.3, 0.4) is 0 Å². The van der Waals surface area contributed by atoms with Gasteiger partial charge in [-0.3, -0.25) is 9.36 Å². The van der Waals surface area contributed by atoms with Gasteiger partial charge in [-0.25, -0.2) is 4.79 Å². The predicted molar refractivity (Wildman–Crippen MR) is 72.4 cm³/mol. The van der Waals surface area contributed by atoms with Gasteiger partial charge in [-0.1, -0.05) is 0 Å². The van der Waals surface area contributed by atoms with E-state index in [-0.39, 0.29) is 5.82 Å². The third-order valence-electron chi connectivity index (χ3n) is 3.25. The van der Waals surface area contributed by atoms with Crippen LogP contribution in [0.4, 0.5) is 14.6 Å². The summed E-state index contributed by atoms with van der Waals surface area (Å²) in [7, 11) is 0. The van der Waals surface area contributed by atoms with E-state index in [1.165, 1.54) is 6.92 Å². The van der Waals surface area contributed by atoms with Crippen molar-refractivity contribution < 1.29 is 28.2 Å². The number of alkyl halides is 2. The first-order chi connectivity index (χ1) is 10.6. The highest BCUT2D eigenvalue weighted by atomic mass is 19.3. The molecule has 23 heavy (non-hydrogen) atoms. The van der Waals surface area contributed by atoms with Crippen molar-refractivity contribution in [3.05, 3.63) is 22.7 Å². The van der Waals surface area contributed by atoms with Crippen molar-refractivity contribution in [2.75, 3.05) is 12.3 Å².